The first-order valence-electron chi connectivity index (χ1n) is 9.10. The van der Waals surface area contributed by atoms with Gasteiger partial charge in [0.1, 0.15) is 0 Å². The normalized spacial score (nSPS) is 15.5. The van der Waals surface area contributed by atoms with Crippen LogP contribution in [0.1, 0.15) is 45.4 Å². The predicted molar refractivity (Wildman–Crippen MR) is 108 cm³/mol. The highest BCUT2D eigenvalue weighted by atomic mass is 16.4. The topological polar surface area (TPSA) is 77.8 Å². The zero-order chi connectivity index (χ0) is 19.5. The third-order valence-corrected chi connectivity index (χ3v) is 3.35. The van der Waals surface area contributed by atoms with Crippen LogP contribution >= 0.6 is 0 Å². The van der Waals surface area contributed by atoms with Gasteiger partial charge in [-0.05, 0) is 32.1 Å². The zero-order valence-corrected chi connectivity index (χ0v) is 15.6. The second-order valence-corrected chi connectivity index (χ2v) is 5.72. The van der Waals surface area contributed by atoms with Crippen molar-refractivity contribution in [1.29, 1.82) is 0 Å². The van der Waals surface area contributed by atoms with E-state index in [0.29, 0.717) is 12.8 Å². The molecular formula is C22H32O4. The van der Waals surface area contributed by atoms with Crippen LogP contribution in [0.5, 0.6) is 0 Å². The second kappa shape index (κ2) is 17.6. The van der Waals surface area contributed by atoms with E-state index < -0.39 is 18.2 Å². The van der Waals surface area contributed by atoms with E-state index in [2.05, 4.69) is 19.1 Å². The molecule has 0 amide bonds. The van der Waals surface area contributed by atoms with Crippen LogP contribution in [0.2, 0.25) is 0 Å². The van der Waals surface area contributed by atoms with Crippen LogP contribution in [-0.4, -0.2) is 33.5 Å². The lowest BCUT2D eigenvalue weighted by molar-refractivity contribution is -0.136. The number of carbonyl (C=O) groups is 1. The molecule has 0 heterocycles. The van der Waals surface area contributed by atoms with Crippen molar-refractivity contribution in [1.82, 2.24) is 0 Å². The van der Waals surface area contributed by atoms with Gasteiger partial charge in [0, 0.05) is 6.42 Å². The lowest BCUT2D eigenvalue weighted by Gasteiger charge is -2.11. The molecule has 0 spiro atoms. The number of aliphatic hydroxyl groups excluding tert-OH is 2. The van der Waals surface area contributed by atoms with Gasteiger partial charge in [0.05, 0.1) is 12.2 Å². The van der Waals surface area contributed by atoms with Crippen LogP contribution in [0, 0.1) is 0 Å². The fourth-order valence-electron chi connectivity index (χ4n) is 1.90. The van der Waals surface area contributed by atoms with Crippen molar-refractivity contribution in [3.05, 3.63) is 72.9 Å². The Morgan fingerprint density at radius 1 is 0.846 bits per heavy atom. The molecule has 0 aromatic rings. The Labute approximate surface area is 157 Å². The smallest absolute Gasteiger partial charge is 0.303 e. The molecule has 4 nitrogen and oxygen atoms in total. The number of allylic oxidation sites excluding steroid dienone is 10. The Balaban J connectivity index is 3.92. The Kier molecular flexibility index (Phi) is 16.2. The summed E-state index contributed by atoms with van der Waals surface area (Å²) in [6.45, 7) is 2.08. The lowest BCUT2D eigenvalue weighted by atomic mass is 10.1. The quantitative estimate of drug-likeness (QED) is 0.315. The molecule has 0 fully saturated rings. The molecule has 0 aliphatic heterocycles. The first-order chi connectivity index (χ1) is 12.6. The Bertz CT molecular complexity index is 524. The number of carboxylic acids is 1. The fraction of sp³-hybridized carbons (Fsp3) is 0.409. The van der Waals surface area contributed by atoms with Gasteiger partial charge in [0.2, 0.25) is 0 Å². The molecule has 0 saturated heterocycles. The third-order valence-electron chi connectivity index (χ3n) is 3.35. The molecule has 3 N–H and O–H groups in total. The second-order valence-electron chi connectivity index (χ2n) is 5.72. The predicted octanol–water partition coefficient (Wildman–Crippen LogP) is 4.49. The molecule has 4 heteroatoms. The van der Waals surface area contributed by atoms with Crippen molar-refractivity contribution >= 4 is 5.97 Å². The highest BCUT2D eigenvalue weighted by Gasteiger charge is 2.10. The Morgan fingerprint density at radius 2 is 1.50 bits per heavy atom. The van der Waals surface area contributed by atoms with Crippen molar-refractivity contribution < 1.29 is 20.1 Å². The maximum absolute atomic E-state index is 10.3. The minimum Gasteiger partial charge on any atom is -0.481 e. The summed E-state index contributed by atoms with van der Waals surface area (Å²) < 4.78 is 0. The van der Waals surface area contributed by atoms with Gasteiger partial charge in [-0.2, -0.15) is 0 Å². The largest absolute Gasteiger partial charge is 0.481 e. The van der Waals surface area contributed by atoms with Gasteiger partial charge in [0.15, 0.2) is 0 Å². The summed E-state index contributed by atoms with van der Waals surface area (Å²) in [4.78, 5) is 10.3. The van der Waals surface area contributed by atoms with Gasteiger partial charge in [-0.25, -0.2) is 0 Å². The first kappa shape index (κ1) is 23.8. The van der Waals surface area contributed by atoms with Gasteiger partial charge in [-0.1, -0.05) is 79.8 Å². The van der Waals surface area contributed by atoms with Crippen LogP contribution in [0.4, 0.5) is 0 Å². The molecule has 26 heavy (non-hydrogen) atoms. The number of hydrogen-bond acceptors (Lipinski definition) is 3. The molecule has 0 rings (SSSR count). The summed E-state index contributed by atoms with van der Waals surface area (Å²) in [7, 11) is 0. The van der Waals surface area contributed by atoms with Crippen LogP contribution in [0.15, 0.2) is 72.9 Å². The maximum atomic E-state index is 10.3. The van der Waals surface area contributed by atoms with E-state index in [4.69, 9.17) is 5.11 Å². The number of aliphatic carboxylic acids is 1. The summed E-state index contributed by atoms with van der Waals surface area (Å²) in [6.07, 6.45) is 24.5. The average molecular weight is 360 g/mol. The third kappa shape index (κ3) is 16.7. The van der Waals surface area contributed by atoms with Crippen LogP contribution in [-0.2, 0) is 4.79 Å². The summed E-state index contributed by atoms with van der Waals surface area (Å²) in [5, 5.41) is 28.2. The molecule has 0 saturated carbocycles. The SMILES string of the molecule is CC/C=C\C/C=C\C[C@H](O)[C@H](O)/C=C/C=C/C=C\C/C=C\CCC(=O)O. The van der Waals surface area contributed by atoms with Crippen molar-refractivity contribution in [2.24, 2.45) is 0 Å². The van der Waals surface area contributed by atoms with E-state index in [1.54, 1.807) is 18.2 Å². The van der Waals surface area contributed by atoms with Gasteiger partial charge in [0.25, 0.3) is 0 Å². The summed E-state index contributed by atoms with van der Waals surface area (Å²) >= 11 is 0. The van der Waals surface area contributed by atoms with Gasteiger partial charge in [-0.3, -0.25) is 4.79 Å². The first-order valence-corrected chi connectivity index (χ1v) is 9.10. The number of carboxylic acid groups (broad SMARTS) is 1. The molecule has 0 aliphatic carbocycles. The van der Waals surface area contributed by atoms with E-state index in [-0.39, 0.29) is 6.42 Å². The van der Waals surface area contributed by atoms with E-state index in [0.717, 1.165) is 19.3 Å². The minimum absolute atomic E-state index is 0.158. The van der Waals surface area contributed by atoms with E-state index in [1.807, 2.05) is 42.5 Å². The van der Waals surface area contributed by atoms with Crippen LogP contribution in [0.25, 0.3) is 0 Å². The molecule has 0 radical (unpaired) electrons. The van der Waals surface area contributed by atoms with Gasteiger partial charge >= 0.3 is 5.97 Å². The Hall–Kier alpha value is -2.17. The molecule has 0 aromatic carbocycles. The number of aliphatic hydroxyl groups is 2. The van der Waals surface area contributed by atoms with Gasteiger partial charge < -0.3 is 15.3 Å². The van der Waals surface area contributed by atoms with E-state index >= 15 is 0 Å². The summed E-state index contributed by atoms with van der Waals surface area (Å²) in [5.74, 6) is -0.785. The van der Waals surface area contributed by atoms with Crippen LogP contribution < -0.4 is 0 Å². The molecule has 0 aromatic heterocycles. The van der Waals surface area contributed by atoms with Crippen molar-refractivity contribution in [3.8, 4) is 0 Å². The highest BCUT2D eigenvalue weighted by molar-refractivity contribution is 5.66. The molecule has 144 valence electrons. The van der Waals surface area contributed by atoms with E-state index in [9.17, 15) is 15.0 Å². The zero-order valence-electron chi connectivity index (χ0n) is 15.6. The van der Waals surface area contributed by atoms with Crippen LogP contribution in [0.3, 0.4) is 0 Å². The fourth-order valence-corrected chi connectivity index (χ4v) is 1.90. The van der Waals surface area contributed by atoms with Crippen molar-refractivity contribution in [2.45, 2.75) is 57.7 Å². The average Bonchev–Trinajstić information content (AvgIpc) is 2.61. The summed E-state index contributed by atoms with van der Waals surface area (Å²) in [6, 6.07) is 0. The lowest BCUT2D eigenvalue weighted by Crippen LogP contribution is -2.22. The Morgan fingerprint density at radius 3 is 2.23 bits per heavy atom. The molecule has 0 unspecified atom stereocenters. The molecular weight excluding hydrogens is 328 g/mol. The standard InChI is InChI=1S/C22H32O4/c1-2-3-4-5-11-14-17-20(23)21(24)18-15-12-9-7-6-8-10-13-16-19-22(25)26/h3-4,6-7,9-15,18,20-21,23-24H,2,5,8,16-17,19H2,1H3,(H,25,26)/b4-3-,7-6-,12-9+,13-10-,14-11-,18-15+/t20-,21+/m0/s1. The van der Waals surface area contributed by atoms with Gasteiger partial charge in [-0.15, -0.1) is 0 Å². The minimum atomic E-state index is -0.892. The molecule has 0 bridgehead atoms. The maximum Gasteiger partial charge on any atom is 0.303 e. The van der Waals surface area contributed by atoms with Crippen molar-refractivity contribution in [3.63, 3.8) is 0 Å². The number of rotatable bonds is 14. The molecule has 0 aliphatic rings. The van der Waals surface area contributed by atoms with E-state index in [1.165, 1.54) is 0 Å². The monoisotopic (exact) mass is 360 g/mol. The number of hydrogen-bond donors (Lipinski definition) is 3. The summed E-state index contributed by atoms with van der Waals surface area (Å²) in [5.41, 5.74) is 0. The highest BCUT2D eigenvalue weighted by Crippen LogP contribution is 2.03. The molecule has 2 atom stereocenters. The van der Waals surface area contributed by atoms with Crippen molar-refractivity contribution in [2.75, 3.05) is 0 Å².